The molecule has 1 heterocycles. The number of rotatable bonds is 4. The first-order chi connectivity index (χ1) is 13.3. The van der Waals surface area contributed by atoms with Crippen LogP contribution in [0.5, 0.6) is 0 Å². The number of nitrogens with one attached hydrogen (secondary N) is 1. The van der Waals surface area contributed by atoms with Crippen molar-refractivity contribution in [1.82, 2.24) is 15.0 Å². The highest BCUT2D eigenvalue weighted by Crippen LogP contribution is 2.22. The second kappa shape index (κ2) is 7.99. The molecule has 6 nitrogen and oxygen atoms in total. The molecule has 2 N–H and O–H groups in total. The van der Waals surface area contributed by atoms with Crippen molar-refractivity contribution in [1.29, 1.82) is 0 Å². The highest BCUT2D eigenvalue weighted by Gasteiger charge is 2.16. The highest BCUT2D eigenvalue weighted by atomic mass is 79.9. The van der Waals surface area contributed by atoms with E-state index in [0.717, 1.165) is 22.8 Å². The van der Waals surface area contributed by atoms with Crippen LogP contribution in [0.2, 0.25) is 0 Å². The predicted octanol–water partition coefficient (Wildman–Crippen LogP) is 3.51. The summed E-state index contributed by atoms with van der Waals surface area (Å²) in [6, 6.07) is 6.59. The summed E-state index contributed by atoms with van der Waals surface area (Å²) in [6.07, 6.45) is 2.34. The molecule has 1 aromatic heterocycles. The van der Waals surface area contributed by atoms with Crippen molar-refractivity contribution in [2.45, 2.75) is 13.3 Å². The summed E-state index contributed by atoms with van der Waals surface area (Å²) in [7, 11) is 0. The number of aromatic nitrogens is 2. The van der Waals surface area contributed by atoms with Gasteiger partial charge in [-0.1, -0.05) is 22.9 Å². The lowest BCUT2D eigenvalue weighted by Gasteiger charge is -2.14. The van der Waals surface area contributed by atoms with E-state index in [4.69, 9.17) is 5.21 Å². The van der Waals surface area contributed by atoms with Crippen molar-refractivity contribution in [3.63, 3.8) is 0 Å². The van der Waals surface area contributed by atoms with Gasteiger partial charge in [0.05, 0.1) is 16.6 Å². The summed E-state index contributed by atoms with van der Waals surface area (Å²) >= 11 is 3.17. The molecular formula is C19H14BrF2N3O3. The Hall–Kier alpha value is -2.91. The van der Waals surface area contributed by atoms with E-state index in [1.54, 1.807) is 13.0 Å². The molecule has 0 unspecified atom stereocenters. The Morgan fingerprint density at radius 3 is 2.68 bits per heavy atom. The van der Waals surface area contributed by atoms with Crippen LogP contribution < -0.4 is 11.0 Å². The second-order valence-corrected chi connectivity index (χ2v) is 6.73. The van der Waals surface area contributed by atoms with Gasteiger partial charge < -0.3 is 0 Å². The first-order valence-electron chi connectivity index (χ1n) is 8.18. The molecule has 0 atom stereocenters. The van der Waals surface area contributed by atoms with E-state index in [1.807, 2.05) is 0 Å². The number of fused-ring (bicyclic) bond motifs is 1. The van der Waals surface area contributed by atoms with Gasteiger partial charge in [-0.25, -0.2) is 19.2 Å². The average Bonchev–Trinajstić information content (AvgIpc) is 2.67. The maximum absolute atomic E-state index is 14.5. The van der Waals surface area contributed by atoms with Crippen molar-refractivity contribution in [2.24, 2.45) is 0 Å². The summed E-state index contributed by atoms with van der Waals surface area (Å²) in [4.78, 5) is 28.5. The van der Waals surface area contributed by atoms with Gasteiger partial charge in [-0.2, -0.15) is 0 Å². The monoisotopic (exact) mass is 449 g/mol. The molecule has 3 rings (SSSR count). The van der Waals surface area contributed by atoms with E-state index in [1.165, 1.54) is 23.7 Å². The number of hydroxylamine groups is 1. The molecule has 3 aromatic rings. The van der Waals surface area contributed by atoms with Crippen molar-refractivity contribution in [2.75, 3.05) is 0 Å². The SMILES string of the molecule is CCc1nc2cc(F)c(/C=C/C(=O)NO)cc2c(=O)n1-c1ccc(Br)cc1F. The Bertz CT molecular complexity index is 1180. The van der Waals surface area contributed by atoms with Crippen molar-refractivity contribution in [3.05, 3.63) is 74.3 Å². The van der Waals surface area contributed by atoms with Gasteiger partial charge in [-0.15, -0.1) is 0 Å². The molecule has 0 radical (unpaired) electrons. The fraction of sp³-hybridized carbons (Fsp3) is 0.105. The standard InChI is InChI=1S/C19H14BrF2N3O3/c1-2-17-23-15-9-13(21)10(3-6-18(26)24-28)7-12(15)19(27)25(17)16-5-4-11(20)8-14(16)22/h3-9,28H,2H2,1H3,(H,24,26)/b6-3+. The number of nitrogens with zero attached hydrogens (tertiary/aromatic N) is 2. The summed E-state index contributed by atoms with van der Waals surface area (Å²) < 4.78 is 30.4. The van der Waals surface area contributed by atoms with Crippen LogP contribution in [0.1, 0.15) is 18.3 Å². The predicted molar refractivity (Wildman–Crippen MR) is 103 cm³/mol. The Labute approximate surface area is 166 Å². The van der Waals surface area contributed by atoms with Crippen molar-refractivity contribution in [3.8, 4) is 5.69 Å². The molecule has 0 bridgehead atoms. The van der Waals surface area contributed by atoms with E-state index in [9.17, 15) is 18.4 Å². The normalized spacial score (nSPS) is 11.3. The fourth-order valence-electron chi connectivity index (χ4n) is 2.75. The number of halogens is 3. The first-order valence-corrected chi connectivity index (χ1v) is 8.97. The number of hydrogen-bond donors (Lipinski definition) is 2. The summed E-state index contributed by atoms with van der Waals surface area (Å²) in [5.41, 5.74) is 0.919. The first kappa shape index (κ1) is 19.8. The minimum Gasteiger partial charge on any atom is -0.288 e. The molecule has 0 spiro atoms. The van der Waals surface area contributed by atoms with Gasteiger partial charge in [0.2, 0.25) is 0 Å². The Morgan fingerprint density at radius 2 is 2.04 bits per heavy atom. The van der Waals surface area contributed by atoms with Gasteiger partial charge in [-0.05, 0) is 30.3 Å². The molecule has 0 saturated heterocycles. The Kier molecular flexibility index (Phi) is 5.66. The number of carbonyl (C=O) groups excluding carboxylic acids is 1. The summed E-state index contributed by atoms with van der Waals surface area (Å²) in [6.45, 7) is 1.75. The summed E-state index contributed by atoms with van der Waals surface area (Å²) in [5.74, 6) is -1.89. The van der Waals surface area contributed by atoms with Gasteiger partial charge in [0, 0.05) is 28.6 Å². The van der Waals surface area contributed by atoms with Crippen LogP contribution in [0.3, 0.4) is 0 Å². The molecule has 28 heavy (non-hydrogen) atoms. The van der Waals surface area contributed by atoms with Gasteiger partial charge in [0.25, 0.3) is 11.5 Å². The second-order valence-electron chi connectivity index (χ2n) is 5.82. The Morgan fingerprint density at radius 1 is 1.29 bits per heavy atom. The molecule has 0 aliphatic heterocycles. The number of benzene rings is 2. The van der Waals surface area contributed by atoms with Gasteiger partial charge >= 0.3 is 0 Å². The maximum atomic E-state index is 14.5. The minimum absolute atomic E-state index is 0.0283. The van der Waals surface area contributed by atoms with Gasteiger partial charge in [-0.3, -0.25) is 19.4 Å². The maximum Gasteiger partial charge on any atom is 0.267 e. The topological polar surface area (TPSA) is 84.2 Å². The lowest BCUT2D eigenvalue weighted by Crippen LogP contribution is -2.24. The number of aryl methyl sites for hydroxylation is 1. The van der Waals surface area contributed by atoms with Crippen LogP contribution in [-0.4, -0.2) is 20.7 Å². The average molecular weight is 450 g/mol. The van der Waals surface area contributed by atoms with E-state index in [-0.39, 0.29) is 28.0 Å². The van der Waals surface area contributed by atoms with E-state index in [0.29, 0.717) is 10.9 Å². The third-order valence-electron chi connectivity index (χ3n) is 4.05. The zero-order valence-electron chi connectivity index (χ0n) is 14.5. The number of hydrogen-bond acceptors (Lipinski definition) is 4. The third-order valence-corrected chi connectivity index (χ3v) is 4.54. The van der Waals surface area contributed by atoms with E-state index >= 15 is 0 Å². The number of amides is 1. The number of carbonyl (C=O) groups is 1. The summed E-state index contributed by atoms with van der Waals surface area (Å²) in [5, 5.41) is 8.58. The van der Waals surface area contributed by atoms with Crippen LogP contribution in [0, 0.1) is 11.6 Å². The molecule has 9 heteroatoms. The quantitative estimate of drug-likeness (QED) is 0.362. The molecule has 0 aliphatic rings. The fourth-order valence-corrected chi connectivity index (χ4v) is 3.08. The third kappa shape index (κ3) is 3.71. The van der Waals surface area contributed by atoms with E-state index in [2.05, 4.69) is 20.9 Å². The minimum atomic E-state index is -0.853. The Balaban J connectivity index is 2.29. The molecule has 0 saturated carbocycles. The van der Waals surface area contributed by atoms with Crippen LogP contribution in [0.15, 0.2) is 45.7 Å². The van der Waals surface area contributed by atoms with Gasteiger partial charge in [0.15, 0.2) is 0 Å². The van der Waals surface area contributed by atoms with Crippen LogP contribution >= 0.6 is 15.9 Å². The largest absolute Gasteiger partial charge is 0.288 e. The van der Waals surface area contributed by atoms with E-state index < -0.39 is 23.1 Å². The molecule has 1 amide bonds. The van der Waals surface area contributed by atoms with Crippen molar-refractivity contribution >= 4 is 38.8 Å². The molecular weight excluding hydrogens is 436 g/mol. The van der Waals surface area contributed by atoms with Crippen molar-refractivity contribution < 1.29 is 18.8 Å². The molecule has 2 aromatic carbocycles. The molecule has 0 fully saturated rings. The zero-order chi connectivity index (χ0) is 20.4. The van der Waals surface area contributed by atoms with Crippen LogP contribution in [0.4, 0.5) is 8.78 Å². The van der Waals surface area contributed by atoms with Crippen LogP contribution in [0.25, 0.3) is 22.7 Å². The molecule has 0 aliphatic carbocycles. The lowest BCUT2D eigenvalue weighted by molar-refractivity contribution is -0.124. The molecule has 144 valence electrons. The smallest absolute Gasteiger partial charge is 0.267 e. The van der Waals surface area contributed by atoms with Crippen LogP contribution in [-0.2, 0) is 11.2 Å². The zero-order valence-corrected chi connectivity index (χ0v) is 16.1. The highest BCUT2D eigenvalue weighted by molar-refractivity contribution is 9.10. The lowest BCUT2D eigenvalue weighted by atomic mass is 10.1. The van der Waals surface area contributed by atoms with Gasteiger partial charge in [0.1, 0.15) is 17.5 Å².